The van der Waals surface area contributed by atoms with Crippen molar-refractivity contribution in [1.82, 2.24) is 14.6 Å². The van der Waals surface area contributed by atoms with Crippen LogP contribution in [-0.4, -0.2) is 49.9 Å². The third-order valence-electron chi connectivity index (χ3n) is 5.08. The van der Waals surface area contributed by atoms with Crippen molar-refractivity contribution in [3.05, 3.63) is 53.3 Å². The van der Waals surface area contributed by atoms with Gasteiger partial charge in [0.05, 0.1) is 0 Å². The van der Waals surface area contributed by atoms with Crippen LogP contribution in [0.15, 0.2) is 46.9 Å². The summed E-state index contributed by atoms with van der Waals surface area (Å²) in [6.45, 7) is 3.35. The van der Waals surface area contributed by atoms with Crippen LogP contribution in [0, 0.1) is 6.92 Å². The number of likely N-dealkylation sites (tertiary alicyclic amines) is 1. The molecule has 0 bridgehead atoms. The molecule has 0 saturated carbocycles. The van der Waals surface area contributed by atoms with Gasteiger partial charge in [0, 0.05) is 47.4 Å². The minimum Gasteiger partial charge on any atom is -0.383 e. The molecular formula is C20H21ClN4O3S2. The molecule has 1 aromatic carbocycles. The van der Waals surface area contributed by atoms with Crippen molar-refractivity contribution < 1.29 is 13.2 Å². The maximum atomic E-state index is 13.0. The normalized spacial score (nSPS) is 17.1. The molecule has 3 aromatic rings. The van der Waals surface area contributed by atoms with Gasteiger partial charge in [-0.05, 0) is 54.6 Å². The first-order valence-electron chi connectivity index (χ1n) is 9.49. The fourth-order valence-electron chi connectivity index (χ4n) is 3.54. The number of nitrogens with zero attached hydrogens (tertiary/aromatic N) is 2. The van der Waals surface area contributed by atoms with Crippen molar-refractivity contribution in [3.8, 4) is 0 Å². The number of fused-ring (bicyclic) bond motifs is 1. The Balaban J connectivity index is 1.41. The number of benzene rings is 1. The quantitative estimate of drug-likeness (QED) is 0.560. The number of anilines is 1. The maximum absolute atomic E-state index is 13.0. The molecule has 0 aliphatic carbocycles. The molecule has 0 spiro atoms. The van der Waals surface area contributed by atoms with E-state index in [1.807, 2.05) is 18.2 Å². The lowest BCUT2D eigenvalue weighted by molar-refractivity contribution is -0.128. The van der Waals surface area contributed by atoms with Gasteiger partial charge in [-0.1, -0.05) is 11.6 Å². The summed E-state index contributed by atoms with van der Waals surface area (Å²) < 4.78 is 29.7. The molecule has 4 rings (SSSR count). The van der Waals surface area contributed by atoms with Crippen LogP contribution < -0.4 is 10.0 Å². The number of rotatable bonds is 7. The molecule has 7 nitrogen and oxygen atoms in total. The highest BCUT2D eigenvalue weighted by Crippen LogP contribution is 2.35. The summed E-state index contributed by atoms with van der Waals surface area (Å²) in [7, 11) is -3.81. The highest BCUT2D eigenvalue weighted by atomic mass is 35.5. The lowest BCUT2D eigenvalue weighted by atomic mass is 10.2. The second kappa shape index (κ2) is 8.50. The van der Waals surface area contributed by atoms with Gasteiger partial charge < -0.3 is 10.2 Å². The smallest absolute Gasteiger partial charge is 0.251 e. The van der Waals surface area contributed by atoms with Crippen LogP contribution in [-0.2, 0) is 14.8 Å². The SMILES string of the molecule is Cc1c(S(=O)(=O)N[C@H]2CCN(CCNc3ccncc3)C2=O)sc2ccc(Cl)cc12. The molecule has 0 unspecified atom stereocenters. The van der Waals surface area contributed by atoms with Gasteiger partial charge in [0.25, 0.3) is 10.0 Å². The summed E-state index contributed by atoms with van der Waals surface area (Å²) in [6, 6.07) is 8.27. The molecule has 0 radical (unpaired) electrons. The van der Waals surface area contributed by atoms with E-state index in [1.165, 1.54) is 11.3 Å². The van der Waals surface area contributed by atoms with Crippen molar-refractivity contribution in [2.24, 2.45) is 0 Å². The van der Waals surface area contributed by atoms with Gasteiger partial charge in [-0.2, -0.15) is 4.72 Å². The van der Waals surface area contributed by atoms with Crippen LogP contribution >= 0.6 is 22.9 Å². The molecule has 1 fully saturated rings. The Morgan fingerprint density at radius 2 is 2.03 bits per heavy atom. The predicted molar refractivity (Wildman–Crippen MR) is 120 cm³/mol. The minimum absolute atomic E-state index is 0.197. The molecule has 2 N–H and O–H groups in total. The van der Waals surface area contributed by atoms with E-state index in [-0.39, 0.29) is 10.1 Å². The average Bonchev–Trinajstić information content (AvgIpc) is 3.23. The summed E-state index contributed by atoms with van der Waals surface area (Å²) in [6.07, 6.45) is 3.83. The second-order valence-electron chi connectivity index (χ2n) is 7.11. The number of hydrogen-bond acceptors (Lipinski definition) is 6. The van der Waals surface area contributed by atoms with Crippen molar-refractivity contribution in [2.75, 3.05) is 25.0 Å². The summed E-state index contributed by atoms with van der Waals surface area (Å²) >= 11 is 7.24. The van der Waals surface area contributed by atoms with Gasteiger partial charge in [-0.25, -0.2) is 8.42 Å². The average molecular weight is 465 g/mol. The molecule has 1 aliphatic rings. The number of carbonyl (C=O) groups excluding carboxylic acids is 1. The van der Waals surface area contributed by atoms with Crippen molar-refractivity contribution >= 4 is 54.6 Å². The van der Waals surface area contributed by atoms with Crippen LogP contribution in [0.5, 0.6) is 0 Å². The summed E-state index contributed by atoms with van der Waals surface area (Å²) in [5, 5.41) is 4.60. The number of amides is 1. The van der Waals surface area contributed by atoms with Crippen LogP contribution in [0.4, 0.5) is 5.69 Å². The molecule has 2 aromatic heterocycles. The van der Waals surface area contributed by atoms with E-state index in [2.05, 4.69) is 15.0 Å². The zero-order valence-electron chi connectivity index (χ0n) is 16.3. The summed E-state index contributed by atoms with van der Waals surface area (Å²) in [5.74, 6) is -0.197. The number of pyridine rings is 1. The Kier molecular flexibility index (Phi) is 5.97. The zero-order valence-corrected chi connectivity index (χ0v) is 18.6. The van der Waals surface area contributed by atoms with Gasteiger partial charge >= 0.3 is 0 Å². The molecule has 1 amide bonds. The van der Waals surface area contributed by atoms with Gasteiger partial charge in [0.2, 0.25) is 5.91 Å². The van der Waals surface area contributed by atoms with E-state index in [9.17, 15) is 13.2 Å². The second-order valence-corrected chi connectivity index (χ2v) is 10.5. The number of hydrogen-bond donors (Lipinski definition) is 2. The van der Waals surface area contributed by atoms with Crippen molar-refractivity contribution in [3.63, 3.8) is 0 Å². The standard InChI is InChI=1S/C20H21ClN4O3S2/c1-13-16-12-14(21)2-3-18(16)29-20(13)30(27,28)24-17-6-10-25(19(17)26)11-9-23-15-4-7-22-8-5-15/h2-5,7-8,12,17,24H,6,9-11H2,1H3,(H,22,23)/t17-/m0/s1. The lowest BCUT2D eigenvalue weighted by Gasteiger charge is -2.18. The largest absolute Gasteiger partial charge is 0.383 e. The van der Waals surface area contributed by atoms with E-state index in [4.69, 9.17) is 11.6 Å². The first-order valence-corrected chi connectivity index (χ1v) is 12.2. The fourth-order valence-corrected chi connectivity index (χ4v) is 6.70. The highest BCUT2D eigenvalue weighted by Gasteiger charge is 2.35. The first-order chi connectivity index (χ1) is 14.3. The summed E-state index contributed by atoms with van der Waals surface area (Å²) in [5.41, 5.74) is 1.57. The third kappa shape index (κ3) is 4.29. The van der Waals surface area contributed by atoms with E-state index >= 15 is 0 Å². The maximum Gasteiger partial charge on any atom is 0.251 e. The summed E-state index contributed by atoms with van der Waals surface area (Å²) in [4.78, 5) is 18.3. The first kappa shape index (κ1) is 21.0. The Morgan fingerprint density at radius 1 is 1.27 bits per heavy atom. The number of aryl methyl sites for hydroxylation is 1. The fraction of sp³-hybridized carbons (Fsp3) is 0.300. The topological polar surface area (TPSA) is 91.4 Å². The molecule has 1 saturated heterocycles. The van der Waals surface area contributed by atoms with E-state index in [0.717, 1.165) is 15.8 Å². The van der Waals surface area contributed by atoms with Crippen molar-refractivity contribution in [1.29, 1.82) is 0 Å². The van der Waals surface area contributed by atoms with Gasteiger partial charge in [0.1, 0.15) is 10.3 Å². The highest BCUT2D eigenvalue weighted by molar-refractivity contribution is 7.91. The molecule has 10 heteroatoms. The number of nitrogens with one attached hydrogen (secondary N) is 2. The number of carbonyl (C=O) groups is 1. The van der Waals surface area contributed by atoms with Crippen LogP contribution in [0.25, 0.3) is 10.1 Å². The molecular weight excluding hydrogens is 444 g/mol. The van der Waals surface area contributed by atoms with E-state index < -0.39 is 16.1 Å². The van der Waals surface area contributed by atoms with E-state index in [1.54, 1.807) is 36.4 Å². The van der Waals surface area contributed by atoms with Crippen LogP contribution in [0.3, 0.4) is 0 Å². The Morgan fingerprint density at radius 3 is 2.80 bits per heavy atom. The van der Waals surface area contributed by atoms with E-state index in [0.29, 0.717) is 36.6 Å². The molecule has 3 heterocycles. The number of thiophene rings is 1. The molecule has 30 heavy (non-hydrogen) atoms. The van der Waals surface area contributed by atoms with Gasteiger partial charge in [0.15, 0.2) is 0 Å². The number of sulfonamides is 1. The Hall–Kier alpha value is -2.20. The monoisotopic (exact) mass is 464 g/mol. The molecule has 158 valence electrons. The zero-order chi connectivity index (χ0) is 21.3. The predicted octanol–water partition coefficient (Wildman–Crippen LogP) is 3.25. The Bertz CT molecular complexity index is 1180. The van der Waals surface area contributed by atoms with Crippen molar-refractivity contribution in [2.45, 2.75) is 23.6 Å². The van der Waals surface area contributed by atoms with Crippen LogP contribution in [0.1, 0.15) is 12.0 Å². The number of halogens is 1. The van der Waals surface area contributed by atoms with Gasteiger partial charge in [-0.3, -0.25) is 9.78 Å². The third-order valence-corrected chi connectivity index (χ3v) is 8.68. The number of aromatic nitrogens is 1. The van der Waals surface area contributed by atoms with Gasteiger partial charge in [-0.15, -0.1) is 11.3 Å². The molecule has 1 atom stereocenters. The minimum atomic E-state index is -3.81. The molecule has 1 aliphatic heterocycles. The van der Waals surface area contributed by atoms with Crippen LogP contribution in [0.2, 0.25) is 5.02 Å². The Labute approximate surface area is 184 Å². The lowest BCUT2D eigenvalue weighted by Crippen LogP contribution is -2.42.